The van der Waals surface area contributed by atoms with Crippen molar-refractivity contribution in [1.82, 2.24) is 53.2 Å². The molecule has 113 heavy (non-hydrogen) atoms. The fourth-order valence-corrected chi connectivity index (χ4v) is 13.1. The third-order valence-electron chi connectivity index (χ3n) is 19.4. The Kier molecular flexibility index (Phi) is 47.0. The van der Waals surface area contributed by atoms with Crippen LogP contribution >= 0.6 is 0 Å². The molecule has 23 atom stereocenters. The molecular weight excluding hydrogens is 1500 g/mol. The zero-order chi connectivity index (χ0) is 83.7. The summed E-state index contributed by atoms with van der Waals surface area (Å²) < 4.78 is 45.3. The van der Waals surface area contributed by atoms with E-state index in [1.54, 1.807) is 0 Å². The Balaban J connectivity index is 1.31. The molecule has 10 amide bonds. The molecule has 41 nitrogen and oxygen atoms in total. The van der Waals surface area contributed by atoms with Gasteiger partial charge in [0.05, 0.1) is 32.5 Å². The first-order chi connectivity index (χ1) is 53.8. The van der Waals surface area contributed by atoms with E-state index < -0.39 is 214 Å². The maximum absolute atomic E-state index is 14.1. The average molecular weight is 1630 g/mol. The van der Waals surface area contributed by atoms with Crippen molar-refractivity contribution in [3.8, 4) is 0 Å². The average Bonchev–Trinajstić information content (AvgIpc) is 0.826. The van der Waals surface area contributed by atoms with Crippen LogP contribution in [-0.2, 0) is 90.6 Å². The fraction of sp³-hybridized carbons (Fsp3) is 0.847. The first-order valence-corrected chi connectivity index (χ1v) is 39.1. The lowest BCUT2D eigenvalue weighted by Crippen LogP contribution is -2.64. The Hall–Kier alpha value is -6.43. The molecule has 4 aliphatic heterocycles. The van der Waals surface area contributed by atoms with Gasteiger partial charge in [0.15, 0.2) is 30.9 Å². The van der Waals surface area contributed by atoms with E-state index in [1.807, 2.05) is 0 Å². The highest BCUT2D eigenvalue weighted by Crippen LogP contribution is 2.27. The molecule has 4 heterocycles. The molecule has 0 aliphatic carbocycles. The molecule has 0 spiro atoms. The lowest BCUT2D eigenvalue weighted by atomic mass is 9.97. The van der Waals surface area contributed by atoms with Gasteiger partial charge in [-0.15, -0.1) is 0 Å². The molecule has 0 aromatic heterocycles. The Morgan fingerprint density at radius 2 is 0.566 bits per heavy atom. The van der Waals surface area contributed by atoms with Crippen LogP contribution in [0.3, 0.4) is 0 Å². The van der Waals surface area contributed by atoms with Crippen molar-refractivity contribution in [1.29, 1.82) is 0 Å². The largest absolute Gasteiger partial charge is 0.394 e. The van der Waals surface area contributed by atoms with E-state index in [1.165, 1.54) is 34.6 Å². The van der Waals surface area contributed by atoms with Gasteiger partial charge in [0.2, 0.25) is 59.1 Å². The fourth-order valence-electron chi connectivity index (χ4n) is 13.1. The second-order valence-electron chi connectivity index (χ2n) is 28.8. The summed E-state index contributed by atoms with van der Waals surface area (Å²) in [5, 5.41) is 149. The lowest BCUT2D eigenvalue weighted by molar-refractivity contribution is -0.270. The van der Waals surface area contributed by atoms with Crippen LogP contribution in [0.5, 0.6) is 0 Å². The zero-order valence-electron chi connectivity index (χ0n) is 65.2. The predicted octanol–water partition coefficient (Wildman–Crippen LogP) is -7.20. The van der Waals surface area contributed by atoms with E-state index in [2.05, 4.69) is 53.2 Å². The molecule has 41 heteroatoms. The highest BCUT2D eigenvalue weighted by molar-refractivity contribution is 5.92. The summed E-state index contributed by atoms with van der Waals surface area (Å²) in [6.45, 7) is 4.18. The molecule has 0 saturated carbocycles. The summed E-state index contributed by atoms with van der Waals surface area (Å²) >= 11 is 0. The third-order valence-corrected chi connectivity index (χ3v) is 19.4. The van der Waals surface area contributed by atoms with Crippen LogP contribution in [0.15, 0.2) is 0 Å². The highest BCUT2D eigenvalue weighted by atomic mass is 16.7. The molecule has 11 unspecified atom stereocenters. The normalized spacial score (nSPS) is 28.4. The smallest absolute Gasteiger partial charge is 0.243 e. The van der Waals surface area contributed by atoms with E-state index in [0.29, 0.717) is 70.6 Å². The first kappa shape index (κ1) is 98.9. The Morgan fingerprint density at radius 3 is 0.858 bits per heavy atom. The minimum atomic E-state index is -1.54. The van der Waals surface area contributed by atoms with Crippen LogP contribution in [0.1, 0.15) is 176 Å². The van der Waals surface area contributed by atoms with Gasteiger partial charge >= 0.3 is 0 Å². The number of ether oxygens (including phenoxy) is 8. The number of Topliss-reactive ketones (excluding diaryl/α,β-unsaturated/α-hetero) is 1. The number of hydrogen-bond donors (Lipinski definition) is 22. The highest BCUT2D eigenvalue weighted by Gasteiger charge is 2.49. The summed E-state index contributed by atoms with van der Waals surface area (Å²) in [6, 6.07) is -7.74. The van der Waals surface area contributed by atoms with Gasteiger partial charge in [0.1, 0.15) is 109 Å². The number of carbonyl (C=O) groups excluding carboxylic acids is 11. The van der Waals surface area contributed by atoms with Gasteiger partial charge in [-0.05, 0) is 110 Å². The molecule has 0 aromatic rings. The topological polar surface area (TPSA) is 625 Å². The lowest BCUT2D eigenvalue weighted by Gasteiger charge is -2.42. The molecule has 650 valence electrons. The van der Waals surface area contributed by atoms with E-state index in [0.717, 1.165) is 0 Å². The second-order valence-corrected chi connectivity index (χ2v) is 28.8. The number of rotatable bonds is 54. The minimum absolute atomic E-state index is 0.0244. The second kappa shape index (κ2) is 53.7. The number of carbonyl (C=O) groups is 11. The summed E-state index contributed by atoms with van der Waals surface area (Å²) in [7, 11) is 0. The van der Waals surface area contributed by atoms with Crippen LogP contribution in [0.4, 0.5) is 0 Å². The van der Waals surface area contributed by atoms with Crippen LogP contribution in [0, 0.1) is 0 Å². The molecule has 4 rings (SSSR count). The van der Waals surface area contributed by atoms with Gasteiger partial charge in [0, 0.05) is 99.4 Å². The summed E-state index contributed by atoms with van der Waals surface area (Å²) in [4.78, 5) is 141. The van der Waals surface area contributed by atoms with Crippen molar-refractivity contribution in [3.63, 3.8) is 0 Å². The molecule has 4 aliphatic rings. The summed E-state index contributed by atoms with van der Waals surface area (Å²) in [6.07, 6.45) is -16.0. The SMILES string of the molecule is CC(=O)N[C@H]1C(O)[C@@H](O)C(CO)O[C@H]1OCCCCC(=O)NCCCCC(NC(=O)CCCCO[C@@H]1OC(CO)[C@H](O)C(O)[C@@H]1NC(C)=O)C(=O)NCCCCCC(NC(=O)C(CCCCNC(=O)CCCCO[C@@H]1OC(CO)[C@H](O)C(O)[C@@H]1NC(C)=O)NC(=O)CCCCO[C@@H]1OC(CO)[C@H](O)C(O)[C@@H]1NC(C)=O)C(C)=O. The third kappa shape index (κ3) is 35.5. The minimum Gasteiger partial charge on any atom is -0.394 e. The van der Waals surface area contributed by atoms with E-state index in [4.69, 9.17) is 37.9 Å². The van der Waals surface area contributed by atoms with Gasteiger partial charge < -0.3 is 152 Å². The summed E-state index contributed by atoms with van der Waals surface area (Å²) in [5.74, 6) is -5.20. The quantitative estimate of drug-likeness (QED) is 0.0252. The van der Waals surface area contributed by atoms with Crippen molar-refractivity contribution >= 4 is 64.9 Å². The van der Waals surface area contributed by atoms with Gasteiger partial charge in [-0.3, -0.25) is 52.7 Å². The molecular formula is C72H126N10O31. The standard InChI is InChI=1S/C72H126N10O31/c1-39(87)44(82-68(105)46(81-54(95)27-13-20-34-109-72-58(79-43(5)91)66(103)62(99)50(38-86)113-72)23-9-16-29-74-52(93)25-11-18-32-107-70-56(77-41(3)89)64(101)60(97)48(36-84)111-70)21-7-6-14-30-75-67(104)45(80-53(94)26-12-19-33-108-71-57(78-42(4)90)65(102)61(98)49(37-85)112-71)22-8-15-28-73-51(92)24-10-17-31-106-69-55(76-40(2)88)63(100)59(96)47(35-83)110-69/h44-50,55-66,69-72,83-86,96-103H,6-38H2,1-5H3,(H,73,92)(H,74,93)(H,75,104)(H,76,88)(H,77,89)(H,78,90)(H,79,91)(H,80,94)(H,81,95)(H,82,105)/t44?,45?,46?,47?,48?,49?,50?,55-,56-,57-,58-,59-,60-,61-,62-,63?,64?,65?,66?,69+,70+,71+,72+/m0/s1. The number of hydrogen-bond acceptors (Lipinski definition) is 31. The first-order valence-electron chi connectivity index (χ1n) is 39.1. The van der Waals surface area contributed by atoms with Crippen LogP contribution in [0.25, 0.3) is 0 Å². The van der Waals surface area contributed by atoms with Crippen molar-refractivity contribution in [2.24, 2.45) is 0 Å². The van der Waals surface area contributed by atoms with Crippen LogP contribution in [-0.4, -0.2) is 339 Å². The maximum atomic E-state index is 14.1. The number of amides is 10. The molecule has 4 fully saturated rings. The van der Waals surface area contributed by atoms with E-state index in [9.17, 15) is 114 Å². The van der Waals surface area contributed by atoms with Gasteiger partial charge in [-0.25, -0.2) is 0 Å². The Labute approximate surface area is 656 Å². The van der Waals surface area contributed by atoms with Crippen molar-refractivity contribution in [2.75, 3.05) is 72.5 Å². The predicted molar refractivity (Wildman–Crippen MR) is 392 cm³/mol. The molecule has 0 aromatic carbocycles. The van der Waals surface area contributed by atoms with E-state index in [-0.39, 0.29) is 134 Å². The number of ketones is 1. The number of unbranched alkanes of at least 4 members (excludes halogenated alkanes) is 8. The molecule has 4 saturated heterocycles. The zero-order valence-corrected chi connectivity index (χ0v) is 65.2. The number of aliphatic hydroxyl groups excluding tert-OH is 12. The monoisotopic (exact) mass is 1630 g/mol. The maximum Gasteiger partial charge on any atom is 0.243 e. The molecule has 0 bridgehead atoms. The van der Waals surface area contributed by atoms with Crippen molar-refractivity contribution in [3.05, 3.63) is 0 Å². The van der Waals surface area contributed by atoms with Crippen molar-refractivity contribution in [2.45, 2.75) is 317 Å². The molecule has 0 radical (unpaired) electrons. The molecule has 22 N–H and O–H groups in total. The van der Waals surface area contributed by atoms with Gasteiger partial charge in [-0.1, -0.05) is 12.8 Å². The van der Waals surface area contributed by atoms with Crippen LogP contribution in [0.2, 0.25) is 0 Å². The van der Waals surface area contributed by atoms with Gasteiger partial charge in [-0.2, -0.15) is 0 Å². The number of nitrogens with one attached hydrogen (secondary N) is 10. The summed E-state index contributed by atoms with van der Waals surface area (Å²) in [5.41, 5.74) is 0. The Bertz CT molecular complexity index is 2900. The Morgan fingerprint density at radius 1 is 0.301 bits per heavy atom. The van der Waals surface area contributed by atoms with Crippen LogP contribution < -0.4 is 53.2 Å². The number of aliphatic hydroxyl groups is 12. The van der Waals surface area contributed by atoms with Crippen molar-refractivity contribution < 1.29 is 152 Å². The van der Waals surface area contributed by atoms with Gasteiger partial charge in [0.25, 0.3) is 0 Å². The van der Waals surface area contributed by atoms with E-state index >= 15 is 0 Å².